The van der Waals surface area contributed by atoms with Crippen LogP contribution in [0.15, 0.2) is 30.5 Å². The number of amides is 1. The Kier molecular flexibility index (Phi) is 5.04. The number of carbonyl (C=O) groups excluding carboxylic acids is 3. The van der Waals surface area contributed by atoms with Crippen molar-refractivity contribution in [1.82, 2.24) is 4.98 Å². The summed E-state index contributed by atoms with van der Waals surface area (Å²) in [5.41, 5.74) is 0.676. The van der Waals surface area contributed by atoms with E-state index in [2.05, 4.69) is 10.3 Å². The zero-order chi connectivity index (χ0) is 18.7. The molecule has 1 aliphatic rings. The zero-order valence-corrected chi connectivity index (χ0v) is 14.3. The second-order valence-corrected chi connectivity index (χ2v) is 5.69. The number of carbonyl (C=O) groups is 3. The predicted molar refractivity (Wildman–Crippen MR) is 90.7 cm³/mol. The molecule has 0 atom stereocenters. The summed E-state index contributed by atoms with van der Waals surface area (Å²) < 4.78 is 15.4. The number of ketones is 1. The van der Waals surface area contributed by atoms with Crippen LogP contribution in [-0.4, -0.2) is 36.0 Å². The van der Waals surface area contributed by atoms with Crippen LogP contribution < -0.4 is 14.8 Å². The lowest BCUT2D eigenvalue weighted by atomic mass is 10.1. The number of Topliss-reactive ketones (excluding diaryl/α,β-unsaturated/α-hetero) is 1. The minimum atomic E-state index is -0.720. The number of esters is 1. The van der Waals surface area contributed by atoms with Gasteiger partial charge < -0.3 is 19.5 Å². The molecule has 0 radical (unpaired) electrons. The van der Waals surface area contributed by atoms with Gasteiger partial charge in [-0.25, -0.2) is 9.78 Å². The van der Waals surface area contributed by atoms with Crippen molar-refractivity contribution in [3.8, 4) is 11.5 Å². The van der Waals surface area contributed by atoms with Crippen LogP contribution in [0.4, 0.5) is 5.69 Å². The Morgan fingerprint density at radius 2 is 1.96 bits per heavy atom. The van der Waals surface area contributed by atoms with E-state index >= 15 is 0 Å². The highest BCUT2D eigenvalue weighted by Gasteiger charge is 2.21. The Bertz CT molecular complexity index is 899. The zero-order valence-electron chi connectivity index (χ0n) is 13.6. The Morgan fingerprint density at radius 3 is 2.65 bits per heavy atom. The minimum absolute atomic E-state index is 0.0379. The number of nitrogens with one attached hydrogen (secondary N) is 1. The number of hydrogen-bond acceptors (Lipinski definition) is 7. The molecule has 0 saturated carbocycles. The SMILES string of the molecule is CC(=O)c1cc2c(cc1NC(=O)COC(=O)c1ccnc(Cl)c1)OCO2. The molecule has 26 heavy (non-hydrogen) atoms. The van der Waals surface area contributed by atoms with E-state index < -0.39 is 18.5 Å². The van der Waals surface area contributed by atoms with Gasteiger partial charge in [-0.15, -0.1) is 0 Å². The molecule has 1 aliphatic heterocycles. The van der Waals surface area contributed by atoms with Gasteiger partial charge in [-0.1, -0.05) is 11.6 Å². The van der Waals surface area contributed by atoms with E-state index in [0.29, 0.717) is 11.5 Å². The van der Waals surface area contributed by atoms with Crippen molar-refractivity contribution in [3.05, 3.63) is 46.7 Å². The third-order valence-electron chi connectivity index (χ3n) is 3.46. The quantitative estimate of drug-likeness (QED) is 0.485. The number of fused-ring (bicyclic) bond motifs is 1. The first-order valence-electron chi connectivity index (χ1n) is 7.47. The number of aromatic nitrogens is 1. The van der Waals surface area contributed by atoms with Crippen LogP contribution in [0.5, 0.6) is 11.5 Å². The highest BCUT2D eigenvalue weighted by atomic mass is 35.5. The summed E-state index contributed by atoms with van der Waals surface area (Å²) in [4.78, 5) is 39.5. The molecule has 2 aromatic rings. The van der Waals surface area contributed by atoms with Gasteiger partial charge >= 0.3 is 5.97 Å². The van der Waals surface area contributed by atoms with Crippen molar-refractivity contribution < 1.29 is 28.6 Å². The molecule has 0 aliphatic carbocycles. The normalized spacial score (nSPS) is 11.8. The highest BCUT2D eigenvalue weighted by Crippen LogP contribution is 2.37. The number of hydrogen-bond donors (Lipinski definition) is 1. The second-order valence-electron chi connectivity index (χ2n) is 5.30. The average molecular weight is 377 g/mol. The van der Waals surface area contributed by atoms with E-state index in [1.165, 1.54) is 37.4 Å². The van der Waals surface area contributed by atoms with Crippen LogP contribution in [0.25, 0.3) is 0 Å². The fraction of sp³-hybridized carbons (Fsp3) is 0.176. The molecule has 0 fully saturated rings. The average Bonchev–Trinajstić information content (AvgIpc) is 3.06. The van der Waals surface area contributed by atoms with Gasteiger partial charge in [-0.05, 0) is 25.1 Å². The van der Waals surface area contributed by atoms with Gasteiger partial charge in [-0.3, -0.25) is 9.59 Å². The summed E-state index contributed by atoms with van der Waals surface area (Å²) in [7, 11) is 0. The topological polar surface area (TPSA) is 104 Å². The predicted octanol–water partition coefficient (Wildman–Crippen LogP) is 2.46. The molecule has 0 saturated heterocycles. The molecular weight excluding hydrogens is 364 g/mol. The summed E-state index contributed by atoms with van der Waals surface area (Å²) in [5.74, 6) is -0.758. The minimum Gasteiger partial charge on any atom is -0.454 e. The highest BCUT2D eigenvalue weighted by molar-refractivity contribution is 6.29. The van der Waals surface area contributed by atoms with Gasteiger partial charge in [-0.2, -0.15) is 0 Å². The lowest BCUT2D eigenvalue weighted by Gasteiger charge is -2.11. The van der Waals surface area contributed by atoms with Crippen LogP contribution in [0.2, 0.25) is 5.15 Å². The fourth-order valence-electron chi connectivity index (χ4n) is 2.27. The first kappa shape index (κ1) is 17.7. The summed E-state index contributed by atoms with van der Waals surface area (Å²) >= 11 is 5.70. The lowest BCUT2D eigenvalue weighted by molar-refractivity contribution is -0.119. The summed E-state index contributed by atoms with van der Waals surface area (Å²) in [6.45, 7) is 0.862. The molecule has 0 spiro atoms. The van der Waals surface area contributed by atoms with Crippen LogP contribution >= 0.6 is 11.6 Å². The number of benzene rings is 1. The fourth-order valence-corrected chi connectivity index (χ4v) is 2.44. The molecule has 1 aromatic carbocycles. The number of ether oxygens (including phenoxy) is 3. The largest absolute Gasteiger partial charge is 0.454 e. The Hall–Kier alpha value is -3.13. The van der Waals surface area contributed by atoms with Gasteiger partial charge in [0.05, 0.1) is 11.3 Å². The van der Waals surface area contributed by atoms with Gasteiger partial charge in [0.1, 0.15) is 5.15 Å². The van der Waals surface area contributed by atoms with E-state index in [4.69, 9.17) is 25.8 Å². The van der Waals surface area contributed by atoms with Crippen LogP contribution in [-0.2, 0) is 9.53 Å². The number of rotatable bonds is 5. The monoisotopic (exact) mass is 376 g/mol. The van der Waals surface area contributed by atoms with Crippen molar-refractivity contribution >= 4 is 34.9 Å². The maximum Gasteiger partial charge on any atom is 0.338 e. The molecule has 1 aromatic heterocycles. The maximum absolute atomic E-state index is 12.1. The van der Waals surface area contributed by atoms with E-state index in [9.17, 15) is 14.4 Å². The maximum atomic E-state index is 12.1. The van der Waals surface area contributed by atoms with E-state index in [1.54, 1.807) is 0 Å². The molecule has 2 heterocycles. The van der Waals surface area contributed by atoms with E-state index in [0.717, 1.165) is 0 Å². The van der Waals surface area contributed by atoms with E-state index in [-0.39, 0.29) is 34.5 Å². The molecule has 1 N–H and O–H groups in total. The molecule has 3 rings (SSSR count). The van der Waals surface area contributed by atoms with Crippen molar-refractivity contribution in [1.29, 1.82) is 0 Å². The molecule has 0 unspecified atom stereocenters. The number of pyridine rings is 1. The molecule has 0 bridgehead atoms. The van der Waals surface area contributed by atoms with Crippen molar-refractivity contribution in [3.63, 3.8) is 0 Å². The molecule has 134 valence electrons. The van der Waals surface area contributed by atoms with Crippen LogP contribution in [0.1, 0.15) is 27.6 Å². The van der Waals surface area contributed by atoms with Crippen LogP contribution in [0, 0.1) is 0 Å². The van der Waals surface area contributed by atoms with Gasteiger partial charge in [0.15, 0.2) is 23.9 Å². The molecular formula is C17H13ClN2O6. The standard InChI is InChI=1S/C17H13ClN2O6/c1-9(21)11-5-13-14(26-8-25-13)6-12(11)20-16(22)7-24-17(23)10-2-3-19-15(18)4-10/h2-6H,7-8H2,1H3,(H,20,22). The number of halogens is 1. The molecule has 9 heteroatoms. The van der Waals surface area contributed by atoms with Crippen molar-refractivity contribution in [2.24, 2.45) is 0 Å². The lowest BCUT2D eigenvalue weighted by Crippen LogP contribution is -2.22. The summed E-state index contributed by atoms with van der Waals surface area (Å²) in [5, 5.41) is 2.66. The third-order valence-corrected chi connectivity index (χ3v) is 3.67. The number of anilines is 1. The molecule has 1 amide bonds. The molecule has 8 nitrogen and oxygen atoms in total. The second kappa shape index (κ2) is 7.40. The summed E-state index contributed by atoms with van der Waals surface area (Å²) in [6, 6.07) is 5.72. The first-order valence-corrected chi connectivity index (χ1v) is 7.85. The number of nitrogens with zero attached hydrogens (tertiary/aromatic N) is 1. The Balaban J connectivity index is 1.67. The van der Waals surface area contributed by atoms with Crippen molar-refractivity contribution in [2.45, 2.75) is 6.92 Å². The smallest absolute Gasteiger partial charge is 0.338 e. The van der Waals surface area contributed by atoms with Crippen LogP contribution in [0.3, 0.4) is 0 Å². The van der Waals surface area contributed by atoms with Gasteiger partial charge in [0.2, 0.25) is 6.79 Å². The summed E-state index contributed by atoms with van der Waals surface area (Å²) in [6.07, 6.45) is 1.35. The third kappa shape index (κ3) is 3.92. The first-order chi connectivity index (χ1) is 12.4. The van der Waals surface area contributed by atoms with Crippen molar-refractivity contribution in [2.75, 3.05) is 18.7 Å². The Labute approximate surface area is 153 Å². The Morgan fingerprint density at radius 1 is 1.23 bits per heavy atom. The van der Waals surface area contributed by atoms with Gasteiger partial charge in [0.25, 0.3) is 5.91 Å². The van der Waals surface area contributed by atoms with Gasteiger partial charge in [0, 0.05) is 17.8 Å². The van der Waals surface area contributed by atoms with E-state index in [1.807, 2.05) is 0 Å².